The standard InChI is InChI=1S/C14H7F7O2/c15-10-7-8(5-6-12(10)23-14(19,20)21)9-3-1-2-4-11(9)22-13(16,17)18/h1-7H. The number of benzene rings is 2. The number of para-hydroxylation sites is 1. The van der Waals surface area contributed by atoms with Crippen LogP contribution in [0.4, 0.5) is 30.7 Å². The summed E-state index contributed by atoms with van der Waals surface area (Å²) in [5, 5.41) is 0. The Bertz CT molecular complexity index is 692. The summed E-state index contributed by atoms with van der Waals surface area (Å²) in [6, 6.07) is 7.13. The lowest BCUT2D eigenvalue weighted by Gasteiger charge is -2.14. The van der Waals surface area contributed by atoms with Gasteiger partial charge < -0.3 is 9.47 Å². The van der Waals surface area contributed by atoms with E-state index in [4.69, 9.17) is 0 Å². The third-order valence-corrected chi connectivity index (χ3v) is 2.58. The Morgan fingerprint density at radius 3 is 1.83 bits per heavy atom. The topological polar surface area (TPSA) is 18.5 Å². The molecule has 0 radical (unpaired) electrons. The van der Waals surface area contributed by atoms with Crippen LogP contribution in [0.2, 0.25) is 0 Å². The minimum atomic E-state index is -5.08. The van der Waals surface area contributed by atoms with Crippen LogP contribution in [0.3, 0.4) is 0 Å². The Kier molecular flexibility index (Phi) is 4.39. The Morgan fingerprint density at radius 2 is 1.26 bits per heavy atom. The first kappa shape index (κ1) is 16.9. The Hall–Kier alpha value is -2.45. The van der Waals surface area contributed by atoms with E-state index in [1.54, 1.807) is 0 Å². The second kappa shape index (κ2) is 5.98. The first-order valence-electron chi connectivity index (χ1n) is 5.95. The van der Waals surface area contributed by atoms with Gasteiger partial charge in [0.1, 0.15) is 5.75 Å². The predicted molar refractivity (Wildman–Crippen MR) is 65.2 cm³/mol. The van der Waals surface area contributed by atoms with E-state index in [0.29, 0.717) is 12.1 Å². The van der Waals surface area contributed by atoms with E-state index < -0.39 is 30.0 Å². The fraction of sp³-hybridized carbons (Fsp3) is 0.143. The smallest absolute Gasteiger partial charge is 0.405 e. The zero-order valence-corrected chi connectivity index (χ0v) is 11.0. The summed E-state index contributed by atoms with van der Waals surface area (Å²) >= 11 is 0. The Morgan fingerprint density at radius 1 is 0.696 bits per heavy atom. The van der Waals surface area contributed by atoms with Crippen LogP contribution in [-0.2, 0) is 0 Å². The molecule has 0 atom stereocenters. The quantitative estimate of drug-likeness (QED) is 0.707. The van der Waals surface area contributed by atoms with Gasteiger partial charge in [-0.25, -0.2) is 4.39 Å². The average molecular weight is 340 g/mol. The van der Waals surface area contributed by atoms with Gasteiger partial charge in [-0.15, -0.1) is 26.3 Å². The number of hydrogen-bond acceptors (Lipinski definition) is 2. The summed E-state index contributed by atoms with van der Waals surface area (Å²) in [5.74, 6) is -3.07. The normalized spacial score (nSPS) is 12.1. The van der Waals surface area contributed by atoms with E-state index in [1.165, 1.54) is 18.2 Å². The van der Waals surface area contributed by atoms with E-state index in [2.05, 4.69) is 9.47 Å². The lowest BCUT2D eigenvalue weighted by molar-refractivity contribution is -0.276. The Labute approximate surface area is 125 Å². The average Bonchev–Trinajstić information content (AvgIpc) is 2.38. The summed E-state index contributed by atoms with van der Waals surface area (Å²) in [5.41, 5.74) is -0.237. The monoisotopic (exact) mass is 340 g/mol. The van der Waals surface area contributed by atoms with Crippen LogP contribution in [0.15, 0.2) is 42.5 Å². The molecule has 0 saturated heterocycles. The van der Waals surface area contributed by atoms with E-state index in [9.17, 15) is 30.7 Å². The molecular weight excluding hydrogens is 333 g/mol. The Balaban J connectivity index is 2.38. The summed E-state index contributed by atoms with van der Waals surface area (Å²) in [7, 11) is 0. The molecule has 2 rings (SSSR count). The molecule has 0 heterocycles. The molecule has 0 fully saturated rings. The first-order chi connectivity index (χ1) is 10.6. The van der Waals surface area contributed by atoms with Crippen molar-refractivity contribution in [2.45, 2.75) is 12.7 Å². The molecule has 0 aliphatic rings. The molecule has 2 nitrogen and oxygen atoms in total. The molecule has 0 aliphatic carbocycles. The first-order valence-corrected chi connectivity index (χ1v) is 5.95. The molecule has 0 unspecified atom stereocenters. The largest absolute Gasteiger partial charge is 0.573 e. The summed E-state index contributed by atoms with van der Waals surface area (Å²) in [6.45, 7) is 0. The van der Waals surface area contributed by atoms with Crippen LogP contribution in [0.25, 0.3) is 11.1 Å². The zero-order chi connectivity index (χ0) is 17.3. The lowest BCUT2D eigenvalue weighted by Crippen LogP contribution is -2.18. The summed E-state index contributed by atoms with van der Waals surface area (Å²) < 4.78 is 94.1. The fourth-order valence-electron chi connectivity index (χ4n) is 1.79. The highest BCUT2D eigenvalue weighted by molar-refractivity contribution is 5.71. The molecule has 2 aromatic carbocycles. The van der Waals surface area contributed by atoms with Gasteiger partial charge in [0.15, 0.2) is 11.6 Å². The van der Waals surface area contributed by atoms with Gasteiger partial charge in [0, 0.05) is 5.56 Å². The molecule has 0 aromatic heterocycles. The van der Waals surface area contributed by atoms with Gasteiger partial charge in [-0.1, -0.05) is 24.3 Å². The molecule has 0 spiro atoms. The number of rotatable bonds is 3. The highest BCUT2D eigenvalue weighted by Crippen LogP contribution is 2.36. The van der Waals surface area contributed by atoms with Crippen LogP contribution < -0.4 is 9.47 Å². The van der Waals surface area contributed by atoms with Crippen molar-refractivity contribution >= 4 is 0 Å². The van der Waals surface area contributed by atoms with Crippen LogP contribution in [0.1, 0.15) is 0 Å². The highest BCUT2D eigenvalue weighted by atomic mass is 19.4. The maximum Gasteiger partial charge on any atom is 0.573 e. The molecule has 0 bridgehead atoms. The molecule has 124 valence electrons. The minimum Gasteiger partial charge on any atom is -0.405 e. The van der Waals surface area contributed by atoms with E-state index >= 15 is 0 Å². The zero-order valence-electron chi connectivity index (χ0n) is 11.0. The fourth-order valence-corrected chi connectivity index (χ4v) is 1.79. The van der Waals surface area contributed by atoms with Gasteiger partial charge in [0.2, 0.25) is 0 Å². The van der Waals surface area contributed by atoms with E-state index in [1.807, 2.05) is 0 Å². The molecule has 0 amide bonds. The SMILES string of the molecule is Fc1cc(-c2ccccc2OC(F)(F)F)ccc1OC(F)(F)F. The molecule has 0 N–H and O–H groups in total. The van der Waals surface area contributed by atoms with Crippen molar-refractivity contribution in [1.29, 1.82) is 0 Å². The van der Waals surface area contributed by atoms with Crippen molar-refractivity contribution in [2.24, 2.45) is 0 Å². The highest BCUT2D eigenvalue weighted by Gasteiger charge is 2.33. The van der Waals surface area contributed by atoms with Crippen molar-refractivity contribution < 1.29 is 40.2 Å². The van der Waals surface area contributed by atoms with Gasteiger partial charge in [-0.2, -0.15) is 0 Å². The van der Waals surface area contributed by atoms with E-state index in [0.717, 1.165) is 12.1 Å². The van der Waals surface area contributed by atoms with Crippen molar-refractivity contribution in [3.05, 3.63) is 48.3 Å². The van der Waals surface area contributed by atoms with Crippen LogP contribution >= 0.6 is 0 Å². The molecule has 9 heteroatoms. The second-order valence-electron chi connectivity index (χ2n) is 4.24. The molecule has 0 saturated carbocycles. The molecule has 23 heavy (non-hydrogen) atoms. The number of ether oxygens (including phenoxy) is 2. The van der Waals surface area contributed by atoms with Gasteiger partial charge >= 0.3 is 12.7 Å². The number of halogens is 7. The molecular formula is C14H7F7O2. The maximum absolute atomic E-state index is 13.6. The second-order valence-corrected chi connectivity index (χ2v) is 4.24. The van der Waals surface area contributed by atoms with Crippen LogP contribution in [0, 0.1) is 5.82 Å². The molecule has 2 aromatic rings. The van der Waals surface area contributed by atoms with Crippen molar-refractivity contribution in [2.75, 3.05) is 0 Å². The number of hydrogen-bond donors (Lipinski definition) is 0. The third kappa shape index (κ3) is 4.76. The van der Waals surface area contributed by atoms with Crippen LogP contribution in [0.5, 0.6) is 11.5 Å². The van der Waals surface area contributed by atoms with Crippen molar-refractivity contribution in [3.8, 4) is 22.6 Å². The van der Waals surface area contributed by atoms with Gasteiger partial charge in [0.05, 0.1) is 0 Å². The van der Waals surface area contributed by atoms with Crippen molar-refractivity contribution in [3.63, 3.8) is 0 Å². The van der Waals surface area contributed by atoms with Crippen LogP contribution in [-0.4, -0.2) is 12.7 Å². The van der Waals surface area contributed by atoms with Gasteiger partial charge in [-0.3, -0.25) is 0 Å². The predicted octanol–water partition coefficient (Wildman–Crippen LogP) is 5.29. The van der Waals surface area contributed by atoms with Crippen molar-refractivity contribution in [1.82, 2.24) is 0 Å². The van der Waals surface area contributed by atoms with Gasteiger partial charge in [0.25, 0.3) is 0 Å². The maximum atomic E-state index is 13.6. The van der Waals surface area contributed by atoms with E-state index in [-0.39, 0.29) is 11.1 Å². The minimum absolute atomic E-state index is 0.100. The summed E-state index contributed by atoms with van der Waals surface area (Å²) in [4.78, 5) is 0. The lowest BCUT2D eigenvalue weighted by atomic mass is 10.0. The molecule has 0 aliphatic heterocycles. The summed E-state index contributed by atoms with van der Waals surface area (Å²) in [6.07, 6.45) is -10.0. The van der Waals surface area contributed by atoms with Gasteiger partial charge in [-0.05, 0) is 23.8 Å². The number of alkyl halides is 6. The third-order valence-electron chi connectivity index (χ3n) is 2.58.